The molecule has 3 aromatic heterocycles. The lowest BCUT2D eigenvalue weighted by Crippen LogP contribution is -2.29. The second kappa shape index (κ2) is 9.70. The fourth-order valence-electron chi connectivity index (χ4n) is 3.90. The minimum absolute atomic E-state index is 0.130. The molecule has 1 aliphatic heterocycles. The SMILES string of the molecule is CCCn1cc(C(=O)Nc2ccc(-n3nc(N4CCCCC4)cc3C(F)(F)F)cn2)ccc1=O. The summed E-state index contributed by atoms with van der Waals surface area (Å²) in [5.41, 5.74) is -0.684. The van der Waals surface area contributed by atoms with E-state index in [0.29, 0.717) is 19.6 Å². The highest BCUT2D eigenvalue weighted by molar-refractivity contribution is 6.03. The van der Waals surface area contributed by atoms with Gasteiger partial charge in [-0.15, -0.1) is 5.10 Å². The third-order valence-electron chi connectivity index (χ3n) is 5.61. The summed E-state index contributed by atoms with van der Waals surface area (Å²) in [6.07, 6.45) is 1.74. The number of nitrogens with zero attached hydrogens (tertiary/aromatic N) is 5. The van der Waals surface area contributed by atoms with Crippen molar-refractivity contribution in [2.75, 3.05) is 23.3 Å². The third-order valence-corrected chi connectivity index (χ3v) is 5.61. The van der Waals surface area contributed by atoms with Crippen LogP contribution in [0.15, 0.2) is 47.5 Å². The quantitative estimate of drug-likeness (QED) is 0.582. The number of halogens is 3. The Morgan fingerprint density at radius 1 is 1.12 bits per heavy atom. The van der Waals surface area contributed by atoms with E-state index >= 15 is 0 Å². The highest BCUT2D eigenvalue weighted by atomic mass is 19.4. The van der Waals surface area contributed by atoms with Gasteiger partial charge in [0.2, 0.25) is 0 Å². The number of carbonyl (C=O) groups excluding carboxylic acids is 1. The van der Waals surface area contributed by atoms with E-state index in [0.717, 1.165) is 36.4 Å². The molecule has 0 unspecified atom stereocenters. The van der Waals surface area contributed by atoms with E-state index in [4.69, 9.17) is 0 Å². The van der Waals surface area contributed by atoms with Crippen molar-refractivity contribution in [1.29, 1.82) is 0 Å². The molecule has 34 heavy (non-hydrogen) atoms. The molecule has 8 nitrogen and oxygen atoms in total. The Morgan fingerprint density at radius 3 is 2.53 bits per heavy atom. The molecule has 1 saturated heterocycles. The van der Waals surface area contributed by atoms with Crippen molar-refractivity contribution in [2.45, 2.75) is 45.3 Å². The van der Waals surface area contributed by atoms with Crippen molar-refractivity contribution >= 4 is 17.5 Å². The number of rotatable bonds is 6. The average molecular weight is 474 g/mol. The van der Waals surface area contributed by atoms with Crippen LogP contribution in [0.1, 0.15) is 48.7 Å². The van der Waals surface area contributed by atoms with Crippen LogP contribution in [0.25, 0.3) is 5.69 Å². The number of amides is 1. The van der Waals surface area contributed by atoms with Gasteiger partial charge in [-0.05, 0) is 43.9 Å². The first-order chi connectivity index (χ1) is 16.3. The molecule has 1 fully saturated rings. The second-order valence-electron chi connectivity index (χ2n) is 8.15. The van der Waals surface area contributed by atoms with Gasteiger partial charge in [0, 0.05) is 38.0 Å². The molecule has 4 heterocycles. The van der Waals surface area contributed by atoms with E-state index in [1.807, 2.05) is 11.8 Å². The van der Waals surface area contributed by atoms with Gasteiger partial charge >= 0.3 is 6.18 Å². The summed E-state index contributed by atoms with van der Waals surface area (Å²) in [5.74, 6) is -0.0295. The third kappa shape index (κ3) is 5.13. The molecule has 0 saturated carbocycles. The number of anilines is 2. The summed E-state index contributed by atoms with van der Waals surface area (Å²) >= 11 is 0. The largest absolute Gasteiger partial charge is 0.433 e. The molecule has 11 heteroatoms. The number of carbonyl (C=O) groups is 1. The second-order valence-corrected chi connectivity index (χ2v) is 8.15. The van der Waals surface area contributed by atoms with Gasteiger partial charge in [0.15, 0.2) is 11.5 Å². The van der Waals surface area contributed by atoms with Crippen molar-refractivity contribution in [3.63, 3.8) is 0 Å². The Hall–Kier alpha value is -3.63. The van der Waals surface area contributed by atoms with E-state index in [9.17, 15) is 22.8 Å². The van der Waals surface area contributed by atoms with Crippen LogP contribution < -0.4 is 15.8 Å². The van der Waals surface area contributed by atoms with E-state index < -0.39 is 17.8 Å². The van der Waals surface area contributed by atoms with Crippen LogP contribution in [-0.4, -0.2) is 38.3 Å². The van der Waals surface area contributed by atoms with Crippen LogP contribution in [0.3, 0.4) is 0 Å². The zero-order valence-corrected chi connectivity index (χ0v) is 18.7. The van der Waals surface area contributed by atoms with Crippen molar-refractivity contribution in [1.82, 2.24) is 19.3 Å². The lowest BCUT2D eigenvalue weighted by Gasteiger charge is -2.26. The summed E-state index contributed by atoms with van der Waals surface area (Å²) in [5, 5.41) is 6.81. The fraction of sp³-hybridized carbons (Fsp3) is 0.391. The summed E-state index contributed by atoms with van der Waals surface area (Å²) in [4.78, 5) is 30.4. The maximum absolute atomic E-state index is 13.7. The monoisotopic (exact) mass is 474 g/mol. The Morgan fingerprint density at radius 2 is 1.88 bits per heavy atom. The number of pyridine rings is 2. The van der Waals surface area contributed by atoms with Crippen LogP contribution in [0, 0.1) is 0 Å². The maximum Gasteiger partial charge on any atom is 0.433 e. The van der Waals surface area contributed by atoms with Crippen LogP contribution in [0.2, 0.25) is 0 Å². The van der Waals surface area contributed by atoms with Crippen LogP contribution in [0.4, 0.5) is 24.8 Å². The molecule has 0 radical (unpaired) electrons. The first-order valence-corrected chi connectivity index (χ1v) is 11.2. The molecule has 1 aliphatic rings. The molecule has 0 bridgehead atoms. The standard InChI is InChI=1S/C23H25F3N6O2/c1-2-10-31-15-16(6-9-21(31)33)22(34)28-19-8-7-17(14-27-19)32-18(23(24,25)26)13-20(29-32)30-11-4-3-5-12-30/h6-9,13-15H,2-5,10-12H2,1H3,(H,27,28,34). The molecular weight excluding hydrogens is 449 g/mol. The molecule has 0 atom stereocenters. The van der Waals surface area contributed by atoms with E-state index in [1.54, 1.807) is 0 Å². The van der Waals surface area contributed by atoms with E-state index in [-0.39, 0.29) is 28.4 Å². The lowest BCUT2D eigenvalue weighted by molar-refractivity contribution is -0.142. The lowest BCUT2D eigenvalue weighted by atomic mass is 10.1. The van der Waals surface area contributed by atoms with Gasteiger partial charge in [0.1, 0.15) is 5.82 Å². The normalized spacial score (nSPS) is 14.3. The van der Waals surface area contributed by atoms with Gasteiger partial charge < -0.3 is 14.8 Å². The molecule has 3 aromatic rings. The number of aromatic nitrogens is 4. The summed E-state index contributed by atoms with van der Waals surface area (Å²) in [6, 6.07) is 6.63. The van der Waals surface area contributed by atoms with Crippen LogP contribution >= 0.6 is 0 Å². The number of nitrogens with one attached hydrogen (secondary N) is 1. The van der Waals surface area contributed by atoms with E-state index in [1.165, 1.54) is 41.2 Å². The average Bonchev–Trinajstić information content (AvgIpc) is 3.28. The molecule has 0 aliphatic carbocycles. The molecule has 1 amide bonds. The van der Waals surface area contributed by atoms with Crippen molar-refractivity contribution in [3.05, 3.63) is 64.3 Å². The number of piperidine rings is 1. The smallest absolute Gasteiger partial charge is 0.355 e. The number of hydrogen-bond donors (Lipinski definition) is 1. The van der Waals surface area contributed by atoms with Crippen LogP contribution in [0.5, 0.6) is 0 Å². The topological polar surface area (TPSA) is 85.1 Å². The maximum atomic E-state index is 13.7. The predicted octanol–water partition coefficient (Wildman–Crippen LogP) is 4.10. The molecule has 4 rings (SSSR count). The van der Waals surface area contributed by atoms with Gasteiger partial charge in [-0.1, -0.05) is 6.92 Å². The Labute approximate surface area is 194 Å². The first kappa shape index (κ1) is 23.5. The predicted molar refractivity (Wildman–Crippen MR) is 121 cm³/mol. The number of hydrogen-bond acceptors (Lipinski definition) is 5. The molecular formula is C23H25F3N6O2. The Balaban J connectivity index is 1.55. The highest BCUT2D eigenvalue weighted by Crippen LogP contribution is 2.34. The van der Waals surface area contributed by atoms with Crippen LogP contribution in [-0.2, 0) is 12.7 Å². The summed E-state index contributed by atoms with van der Waals surface area (Å²) < 4.78 is 43.3. The number of aryl methyl sites for hydroxylation is 1. The van der Waals surface area contributed by atoms with Gasteiger partial charge in [0.25, 0.3) is 11.5 Å². The molecule has 180 valence electrons. The minimum atomic E-state index is -4.59. The number of alkyl halides is 3. The van der Waals surface area contributed by atoms with Gasteiger partial charge in [-0.3, -0.25) is 9.59 Å². The van der Waals surface area contributed by atoms with Crippen molar-refractivity contribution in [2.24, 2.45) is 0 Å². The first-order valence-electron chi connectivity index (χ1n) is 11.2. The zero-order chi connectivity index (χ0) is 24.3. The van der Waals surface area contributed by atoms with Gasteiger partial charge in [-0.25, -0.2) is 9.67 Å². The Kier molecular flexibility index (Phi) is 6.71. The van der Waals surface area contributed by atoms with Crippen molar-refractivity contribution in [3.8, 4) is 5.69 Å². The fourth-order valence-corrected chi connectivity index (χ4v) is 3.90. The van der Waals surface area contributed by atoms with Crippen molar-refractivity contribution < 1.29 is 18.0 Å². The molecule has 1 N–H and O–H groups in total. The molecule has 0 aromatic carbocycles. The molecule has 0 spiro atoms. The minimum Gasteiger partial charge on any atom is -0.355 e. The summed E-state index contributed by atoms with van der Waals surface area (Å²) in [7, 11) is 0. The van der Waals surface area contributed by atoms with Gasteiger partial charge in [0.05, 0.1) is 17.4 Å². The van der Waals surface area contributed by atoms with Gasteiger partial charge in [-0.2, -0.15) is 13.2 Å². The van der Waals surface area contributed by atoms with E-state index in [2.05, 4.69) is 15.4 Å². The summed E-state index contributed by atoms with van der Waals surface area (Å²) in [6.45, 7) is 3.74. The zero-order valence-electron chi connectivity index (χ0n) is 18.7. The highest BCUT2D eigenvalue weighted by Gasteiger charge is 2.37. The Bertz CT molecular complexity index is 1210.